The van der Waals surface area contributed by atoms with E-state index in [2.05, 4.69) is 110 Å². The predicted octanol–water partition coefficient (Wildman–Crippen LogP) is 7.64. The molecule has 0 N–H and O–H groups in total. The Kier molecular flexibility index (Phi) is 3.76. The number of fused-ring (bicyclic) bond motifs is 2. The molecule has 0 heterocycles. The maximum Gasteiger partial charge on any atom is -0.00264 e. The monoisotopic (exact) mass is 344 g/mol. The third-order valence-corrected chi connectivity index (χ3v) is 5.46. The van der Waals surface area contributed by atoms with E-state index in [-0.39, 0.29) is 0 Å². The molecule has 5 aromatic rings. The molecule has 0 heteroatoms. The molecule has 0 amide bonds. The fourth-order valence-electron chi connectivity index (χ4n) is 4.12. The molecule has 0 spiro atoms. The van der Waals surface area contributed by atoms with Crippen molar-refractivity contribution in [3.05, 3.63) is 109 Å². The van der Waals surface area contributed by atoms with E-state index in [4.69, 9.17) is 0 Å². The van der Waals surface area contributed by atoms with Crippen molar-refractivity contribution in [1.82, 2.24) is 0 Å². The average molecular weight is 344 g/mol. The highest BCUT2D eigenvalue weighted by Gasteiger charge is 2.13. The van der Waals surface area contributed by atoms with E-state index in [0.29, 0.717) is 0 Å². The molecule has 27 heavy (non-hydrogen) atoms. The van der Waals surface area contributed by atoms with Crippen molar-refractivity contribution in [3.63, 3.8) is 0 Å². The van der Waals surface area contributed by atoms with E-state index in [1.807, 2.05) is 0 Å². The quantitative estimate of drug-likeness (QED) is 0.289. The van der Waals surface area contributed by atoms with Gasteiger partial charge in [0.25, 0.3) is 0 Å². The summed E-state index contributed by atoms with van der Waals surface area (Å²) in [5.41, 5.74) is 6.45. The van der Waals surface area contributed by atoms with Gasteiger partial charge in [0.2, 0.25) is 0 Å². The van der Waals surface area contributed by atoms with Crippen LogP contribution in [-0.4, -0.2) is 0 Å². The number of benzene rings is 5. The zero-order chi connectivity index (χ0) is 18.2. The van der Waals surface area contributed by atoms with Gasteiger partial charge in [0, 0.05) is 0 Å². The van der Waals surface area contributed by atoms with Crippen LogP contribution in [0, 0.1) is 6.92 Å². The number of rotatable bonds is 2. The molecule has 0 fully saturated rings. The molecule has 0 saturated heterocycles. The van der Waals surface area contributed by atoms with Gasteiger partial charge in [0.15, 0.2) is 0 Å². The summed E-state index contributed by atoms with van der Waals surface area (Å²) in [6.45, 7) is 2.24. The van der Waals surface area contributed by atoms with Gasteiger partial charge in [0.1, 0.15) is 0 Å². The molecule has 0 atom stereocenters. The van der Waals surface area contributed by atoms with Crippen LogP contribution >= 0.6 is 0 Å². The highest BCUT2D eigenvalue weighted by atomic mass is 14.2. The summed E-state index contributed by atoms with van der Waals surface area (Å²) in [6, 6.07) is 37.0. The molecule has 5 aromatic carbocycles. The summed E-state index contributed by atoms with van der Waals surface area (Å²) in [4.78, 5) is 0. The minimum atomic E-state index is 1.25. The van der Waals surface area contributed by atoms with Crippen molar-refractivity contribution >= 4 is 21.5 Å². The van der Waals surface area contributed by atoms with Gasteiger partial charge in [-0.3, -0.25) is 0 Å². The molecule has 0 aromatic heterocycles. The minimum absolute atomic E-state index is 1.25. The number of hydrogen-bond acceptors (Lipinski definition) is 0. The van der Waals surface area contributed by atoms with Gasteiger partial charge < -0.3 is 0 Å². The number of aryl methyl sites for hydroxylation is 1. The molecule has 128 valence electrons. The topological polar surface area (TPSA) is 0 Å². The molecule has 0 aliphatic carbocycles. The van der Waals surface area contributed by atoms with Crippen LogP contribution in [0.15, 0.2) is 103 Å². The normalized spacial score (nSPS) is 11.1. The van der Waals surface area contributed by atoms with Crippen molar-refractivity contribution in [2.45, 2.75) is 6.92 Å². The zero-order valence-corrected chi connectivity index (χ0v) is 15.3. The van der Waals surface area contributed by atoms with E-state index in [1.54, 1.807) is 0 Å². The van der Waals surface area contributed by atoms with Gasteiger partial charge >= 0.3 is 0 Å². The molecular formula is C27H20. The lowest BCUT2D eigenvalue weighted by Gasteiger charge is -2.16. The SMILES string of the molecule is Cc1c2ccccc2c(-c2ccccc2)c2cc(-c3ccccc3)ccc12. The van der Waals surface area contributed by atoms with E-state index in [9.17, 15) is 0 Å². The molecule has 0 aliphatic rings. The van der Waals surface area contributed by atoms with Crippen LogP contribution in [0.2, 0.25) is 0 Å². The lowest BCUT2D eigenvalue weighted by molar-refractivity contribution is 1.57. The molecule has 0 bridgehead atoms. The second kappa shape index (κ2) is 6.41. The molecule has 0 radical (unpaired) electrons. The lowest BCUT2D eigenvalue weighted by atomic mass is 9.87. The van der Waals surface area contributed by atoms with Gasteiger partial charge in [-0.15, -0.1) is 0 Å². The minimum Gasteiger partial charge on any atom is -0.0622 e. The highest BCUT2D eigenvalue weighted by Crippen LogP contribution is 2.40. The van der Waals surface area contributed by atoms with Gasteiger partial charge in [-0.05, 0) is 62.4 Å². The Hall–Kier alpha value is -3.38. The summed E-state index contributed by atoms with van der Waals surface area (Å²) < 4.78 is 0. The zero-order valence-electron chi connectivity index (χ0n) is 15.3. The Bertz CT molecular complexity index is 1250. The smallest absolute Gasteiger partial charge is 0.00264 e. The van der Waals surface area contributed by atoms with Gasteiger partial charge in [-0.2, -0.15) is 0 Å². The van der Waals surface area contributed by atoms with E-state index < -0.39 is 0 Å². The summed E-state index contributed by atoms with van der Waals surface area (Å²) in [5.74, 6) is 0. The first-order valence-corrected chi connectivity index (χ1v) is 9.39. The van der Waals surface area contributed by atoms with Crippen molar-refractivity contribution < 1.29 is 0 Å². The summed E-state index contributed by atoms with van der Waals surface area (Å²) in [6.07, 6.45) is 0. The van der Waals surface area contributed by atoms with Gasteiger partial charge in [-0.1, -0.05) is 97.1 Å². The maximum absolute atomic E-state index is 2.35. The maximum atomic E-state index is 2.35. The third kappa shape index (κ3) is 2.62. The van der Waals surface area contributed by atoms with Crippen molar-refractivity contribution in [3.8, 4) is 22.3 Å². The second-order valence-electron chi connectivity index (χ2n) is 7.04. The number of hydrogen-bond donors (Lipinski definition) is 0. The molecular weight excluding hydrogens is 324 g/mol. The van der Waals surface area contributed by atoms with Crippen LogP contribution in [0.5, 0.6) is 0 Å². The van der Waals surface area contributed by atoms with Gasteiger partial charge in [-0.25, -0.2) is 0 Å². The highest BCUT2D eigenvalue weighted by molar-refractivity contribution is 6.15. The second-order valence-corrected chi connectivity index (χ2v) is 7.04. The summed E-state index contributed by atoms with van der Waals surface area (Å²) in [7, 11) is 0. The predicted molar refractivity (Wildman–Crippen MR) is 117 cm³/mol. The molecule has 0 nitrogen and oxygen atoms in total. The van der Waals surface area contributed by atoms with E-state index >= 15 is 0 Å². The van der Waals surface area contributed by atoms with E-state index in [1.165, 1.54) is 49.4 Å². The largest absolute Gasteiger partial charge is 0.0622 e. The average Bonchev–Trinajstić information content (AvgIpc) is 2.75. The van der Waals surface area contributed by atoms with Gasteiger partial charge in [0.05, 0.1) is 0 Å². The third-order valence-electron chi connectivity index (χ3n) is 5.46. The first-order chi connectivity index (χ1) is 13.3. The molecule has 0 saturated carbocycles. The Labute approximate surface area is 159 Å². The first-order valence-electron chi connectivity index (χ1n) is 9.39. The van der Waals surface area contributed by atoms with Crippen LogP contribution in [0.4, 0.5) is 0 Å². The molecule has 5 rings (SSSR count). The molecule has 0 aliphatic heterocycles. The summed E-state index contributed by atoms with van der Waals surface area (Å²) in [5, 5.41) is 5.29. The first kappa shape index (κ1) is 15.8. The Morgan fingerprint density at radius 1 is 0.407 bits per heavy atom. The van der Waals surface area contributed by atoms with Crippen LogP contribution in [0.25, 0.3) is 43.8 Å². The van der Waals surface area contributed by atoms with Crippen molar-refractivity contribution in [1.29, 1.82) is 0 Å². The van der Waals surface area contributed by atoms with Crippen molar-refractivity contribution in [2.75, 3.05) is 0 Å². The Morgan fingerprint density at radius 3 is 1.67 bits per heavy atom. The fourth-order valence-corrected chi connectivity index (χ4v) is 4.12. The van der Waals surface area contributed by atoms with E-state index in [0.717, 1.165) is 0 Å². The van der Waals surface area contributed by atoms with Crippen LogP contribution in [-0.2, 0) is 0 Å². The summed E-state index contributed by atoms with van der Waals surface area (Å²) >= 11 is 0. The standard InChI is InChI=1S/C27H20/c1-19-23-14-8-9-15-25(23)27(21-12-6-3-7-13-21)26-18-22(16-17-24(19)26)20-10-4-2-5-11-20/h2-18H,1H3. The fraction of sp³-hybridized carbons (Fsp3) is 0.0370. The Balaban J connectivity index is 1.93. The Morgan fingerprint density at radius 2 is 0.963 bits per heavy atom. The van der Waals surface area contributed by atoms with Crippen molar-refractivity contribution in [2.24, 2.45) is 0 Å². The van der Waals surface area contributed by atoms with Crippen LogP contribution in [0.3, 0.4) is 0 Å². The van der Waals surface area contributed by atoms with Crippen LogP contribution in [0.1, 0.15) is 5.56 Å². The molecule has 0 unspecified atom stereocenters. The van der Waals surface area contributed by atoms with Crippen LogP contribution < -0.4 is 0 Å². The lowest BCUT2D eigenvalue weighted by Crippen LogP contribution is -1.90.